The van der Waals surface area contributed by atoms with E-state index in [1.54, 1.807) is 19.1 Å². The Morgan fingerprint density at radius 1 is 1.18 bits per heavy atom. The van der Waals surface area contributed by atoms with Crippen molar-refractivity contribution in [3.05, 3.63) is 65.8 Å². The maximum absolute atomic E-state index is 12.4. The molecule has 0 radical (unpaired) electrons. The van der Waals surface area contributed by atoms with Crippen molar-refractivity contribution in [3.63, 3.8) is 0 Å². The third-order valence-corrected chi connectivity index (χ3v) is 5.06. The monoisotopic (exact) mass is 377 g/mol. The summed E-state index contributed by atoms with van der Waals surface area (Å²) >= 11 is 0. The van der Waals surface area contributed by atoms with Gasteiger partial charge in [-0.2, -0.15) is 0 Å². The fraction of sp³-hybridized carbons (Fsp3) is 0.333. The van der Waals surface area contributed by atoms with Gasteiger partial charge in [0.1, 0.15) is 23.6 Å². The number of nitrogens with zero attached hydrogens (tertiary/aromatic N) is 4. The van der Waals surface area contributed by atoms with Crippen molar-refractivity contribution in [2.75, 3.05) is 23.3 Å². The number of benzene rings is 1. The standard InChI is InChI=1S/C21H23N5O2/c1-15-11-19(25-28-15)24-21(27)18-13-20(23-14-22-18)26-9-7-17(8-10-26)12-16-5-3-2-4-6-16/h2-6,11,13-14,17H,7-10,12H2,1H3,(H,24,25,27). The summed E-state index contributed by atoms with van der Waals surface area (Å²) < 4.78 is 4.97. The Labute approximate surface area is 163 Å². The van der Waals surface area contributed by atoms with Crippen LogP contribution in [0.3, 0.4) is 0 Å². The second-order valence-corrected chi connectivity index (χ2v) is 7.16. The van der Waals surface area contributed by atoms with E-state index in [4.69, 9.17) is 4.52 Å². The Morgan fingerprint density at radius 2 is 1.96 bits per heavy atom. The maximum atomic E-state index is 12.4. The van der Waals surface area contributed by atoms with Crippen LogP contribution in [0.25, 0.3) is 0 Å². The number of piperidine rings is 1. The molecule has 0 spiro atoms. The first kappa shape index (κ1) is 18.2. The third-order valence-electron chi connectivity index (χ3n) is 5.06. The molecule has 2 aromatic heterocycles. The number of carbonyl (C=O) groups excluding carboxylic acids is 1. The highest BCUT2D eigenvalue weighted by atomic mass is 16.5. The normalized spacial score (nSPS) is 14.8. The Hall–Kier alpha value is -3.22. The van der Waals surface area contributed by atoms with Gasteiger partial charge in [-0.3, -0.25) is 4.79 Å². The van der Waals surface area contributed by atoms with Gasteiger partial charge in [-0.1, -0.05) is 35.5 Å². The lowest BCUT2D eigenvalue weighted by molar-refractivity contribution is 0.102. The van der Waals surface area contributed by atoms with Crippen molar-refractivity contribution in [1.29, 1.82) is 0 Å². The number of aryl methyl sites for hydroxylation is 1. The van der Waals surface area contributed by atoms with E-state index in [-0.39, 0.29) is 5.91 Å². The lowest BCUT2D eigenvalue weighted by Crippen LogP contribution is -2.35. The first-order valence-corrected chi connectivity index (χ1v) is 9.53. The Morgan fingerprint density at radius 3 is 2.68 bits per heavy atom. The van der Waals surface area contributed by atoms with Gasteiger partial charge in [-0.05, 0) is 37.7 Å². The van der Waals surface area contributed by atoms with Gasteiger partial charge in [0.15, 0.2) is 5.82 Å². The molecule has 1 aliphatic rings. The SMILES string of the molecule is Cc1cc(NC(=O)c2cc(N3CCC(Cc4ccccc4)CC3)ncn2)no1. The zero-order chi connectivity index (χ0) is 19.3. The van der Waals surface area contributed by atoms with Crippen molar-refractivity contribution in [2.24, 2.45) is 5.92 Å². The quantitative estimate of drug-likeness (QED) is 0.733. The third kappa shape index (κ3) is 4.36. The second-order valence-electron chi connectivity index (χ2n) is 7.16. The zero-order valence-corrected chi connectivity index (χ0v) is 15.8. The topological polar surface area (TPSA) is 84.2 Å². The summed E-state index contributed by atoms with van der Waals surface area (Å²) in [6.45, 7) is 3.63. The van der Waals surface area contributed by atoms with Gasteiger partial charge >= 0.3 is 0 Å². The van der Waals surface area contributed by atoms with E-state index in [0.29, 0.717) is 23.2 Å². The summed E-state index contributed by atoms with van der Waals surface area (Å²) in [6, 6.07) is 14.0. The number of carbonyl (C=O) groups is 1. The highest BCUT2D eigenvalue weighted by Gasteiger charge is 2.21. The number of aromatic nitrogens is 3. The molecule has 0 aliphatic carbocycles. The molecule has 0 atom stereocenters. The Kier molecular flexibility index (Phi) is 5.32. The number of anilines is 2. The van der Waals surface area contributed by atoms with Gasteiger partial charge in [0.05, 0.1) is 0 Å². The molecule has 1 saturated heterocycles. The molecule has 3 heterocycles. The molecular formula is C21H23N5O2. The summed E-state index contributed by atoms with van der Waals surface area (Å²) in [6.07, 6.45) is 4.77. The molecule has 144 valence electrons. The molecule has 1 N–H and O–H groups in total. The fourth-order valence-electron chi connectivity index (χ4n) is 3.56. The predicted molar refractivity (Wildman–Crippen MR) is 106 cm³/mol. The minimum absolute atomic E-state index is 0.317. The first-order chi connectivity index (χ1) is 13.7. The van der Waals surface area contributed by atoms with Crippen molar-refractivity contribution < 1.29 is 9.32 Å². The molecule has 0 bridgehead atoms. The molecule has 0 saturated carbocycles. The average molecular weight is 377 g/mol. The van der Waals surface area contributed by atoms with E-state index >= 15 is 0 Å². The Balaban J connectivity index is 1.36. The molecule has 4 rings (SSSR count). The molecule has 1 aliphatic heterocycles. The highest BCUT2D eigenvalue weighted by molar-refractivity contribution is 6.02. The summed E-state index contributed by atoms with van der Waals surface area (Å²) in [4.78, 5) is 23.1. The van der Waals surface area contributed by atoms with Gasteiger partial charge in [0.2, 0.25) is 0 Å². The lowest BCUT2D eigenvalue weighted by Gasteiger charge is -2.32. The van der Waals surface area contributed by atoms with E-state index < -0.39 is 0 Å². The number of nitrogens with one attached hydrogen (secondary N) is 1. The van der Waals surface area contributed by atoms with Crippen LogP contribution in [0.2, 0.25) is 0 Å². The molecule has 7 nitrogen and oxygen atoms in total. The van der Waals surface area contributed by atoms with Crippen LogP contribution in [0.4, 0.5) is 11.6 Å². The summed E-state index contributed by atoms with van der Waals surface area (Å²) in [7, 11) is 0. The number of hydrogen-bond acceptors (Lipinski definition) is 6. The van der Waals surface area contributed by atoms with Crippen molar-refractivity contribution in [2.45, 2.75) is 26.2 Å². The number of rotatable bonds is 5. The molecule has 1 amide bonds. The molecule has 3 aromatic rings. The highest BCUT2D eigenvalue weighted by Crippen LogP contribution is 2.25. The second kappa shape index (κ2) is 8.21. The maximum Gasteiger partial charge on any atom is 0.275 e. The van der Waals surface area contributed by atoms with Gasteiger partial charge < -0.3 is 14.7 Å². The molecule has 28 heavy (non-hydrogen) atoms. The van der Waals surface area contributed by atoms with Crippen LogP contribution >= 0.6 is 0 Å². The average Bonchev–Trinajstić information content (AvgIpc) is 3.14. The smallest absolute Gasteiger partial charge is 0.275 e. The molecule has 0 unspecified atom stereocenters. The predicted octanol–water partition coefficient (Wildman–Crippen LogP) is 3.48. The van der Waals surface area contributed by atoms with E-state index in [1.165, 1.54) is 11.9 Å². The largest absolute Gasteiger partial charge is 0.360 e. The summed E-state index contributed by atoms with van der Waals surface area (Å²) in [5.74, 6) is 2.16. The van der Waals surface area contributed by atoms with Gasteiger partial charge in [0, 0.05) is 25.2 Å². The van der Waals surface area contributed by atoms with Crippen LogP contribution < -0.4 is 10.2 Å². The van der Waals surface area contributed by atoms with Crippen LogP contribution in [-0.4, -0.2) is 34.1 Å². The van der Waals surface area contributed by atoms with E-state index in [2.05, 4.69) is 55.7 Å². The minimum atomic E-state index is -0.323. The Bertz CT molecular complexity index is 933. The van der Waals surface area contributed by atoms with Crippen LogP contribution in [0.5, 0.6) is 0 Å². The van der Waals surface area contributed by atoms with Crippen molar-refractivity contribution in [3.8, 4) is 0 Å². The number of hydrogen-bond donors (Lipinski definition) is 1. The van der Waals surface area contributed by atoms with Gasteiger partial charge in [-0.25, -0.2) is 9.97 Å². The molecule has 7 heteroatoms. The number of amides is 1. The zero-order valence-electron chi connectivity index (χ0n) is 15.8. The van der Waals surface area contributed by atoms with Crippen LogP contribution in [0, 0.1) is 12.8 Å². The van der Waals surface area contributed by atoms with Crippen LogP contribution in [0.1, 0.15) is 34.7 Å². The summed E-state index contributed by atoms with van der Waals surface area (Å²) in [5.41, 5.74) is 1.71. The van der Waals surface area contributed by atoms with Crippen LogP contribution in [0.15, 0.2) is 53.3 Å². The van der Waals surface area contributed by atoms with E-state index in [0.717, 1.165) is 38.2 Å². The molecule has 1 aromatic carbocycles. The lowest BCUT2D eigenvalue weighted by atomic mass is 9.90. The minimum Gasteiger partial charge on any atom is -0.360 e. The van der Waals surface area contributed by atoms with E-state index in [9.17, 15) is 4.79 Å². The van der Waals surface area contributed by atoms with Gasteiger partial charge in [0.25, 0.3) is 5.91 Å². The first-order valence-electron chi connectivity index (χ1n) is 9.53. The summed E-state index contributed by atoms with van der Waals surface area (Å²) in [5, 5.41) is 6.47. The molecule has 1 fully saturated rings. The van der Waals surface area contributed by atoms with Gasteiger partial charge in [-0.15, -0.1) is 0 Å². The van der Waals surface area contributed by atoms with Crippen LogP contribution in [-0.2, 0) is 6.42 Å². The molecular weight excluding hydrogens is 354 g/mol. The fourth-order valence-corrected chi connectivity index (χ4v) is 3.56. The van der Waals surface area contributed by atoms with Crippen molar-refractivity contribution >= 4 is 17.5 Å². The van der Waals surface area contributed by atoms with E-state index in [1.807, 2.05) is 0 Å². The van der Waals surface area contributed by atoms with Crippen molar-refractivity contribution in [1.82, 2.24) is 15.1 Å².